The second kappa shape index (κ2) is 7.76. The first-order chi connectivity index (χ1) is 12.1. The summed E-state index contributed by atoms with van der Waals surface area (Å²) in [6.45, 7) is 2.15. The first kappa shape index (κ1) is 17.6. The van der Waals surface area contributed by atoms with E-state index in [9.17, 15) is 9.59 Å². The zero-order chi connectivity index (χ0) is 17.8. The largest absolute Gasteiger partial charge is 0.465 e. The van der Waals surface area contributed by atoms with Crippen LogP contribution in [0.4, 0.5) is 0 Å². The minimum absolute atomic E-state index is 0.0772. The third-order valence-electron chi connectivity index (χ3n) is 3.93. The average Bonchev–Trinajstić information content (AvgIpc) is 3.03. The van der Waals surface area contributed by atoms with Crippen molar-refractivity contribution in [2.75, 3.05) is 7.11 Å². The maximum Gasteiger partial charge on any atom is 0.337 e. The molecule has 0 aliphatic heterocycles. The average molecular weight is 370 g/mol. The summed E-state index contributed by atoms with van der Waals surface area (Å²) in [4.78, 5) is 25.7. The van der Waals surface area contributed by atoms with Crippen molar-refractivity contribution in [3.63, 3.8) is 0 Å². The van der Waals surface area contributed by atoms with Crippen molar-refractivity contribution >= 4 is 28.6 Å². The van der Waals surface area contributed by atoms with Gasteiger partial charge in [-0.3, -0.25) is 4.79 Å². The Bertz CT molecular complexity index is 936. The Hall–Kier alpha value is -2.24. The van der Waals surface area contributed by atoms with Gasteiger partial charge < -0.3 is 4.74 Å². The van der Waals surface area contributed by atoms with Crippen molar-refractivity contribution in [1.29, 1.82) is 0 Å². The molecule has 1 heterocycles. The van der Waals surface area contributed by atoms with E-state index in [1.807, 2.05) is 24.3 Å². The third-order valence-corrected chi connectivity index (χ3v) is 6.16. The van der Waals surface area contributed by atoms with Crippen LogP contribution < -0.4 is 4.06 Å². The van der Waals surface area contributed by atoms with Crippen molar-refractivity contribution in [1.82, 2.24) is 0 Å². The molecule has 1 aromatic heterocycles. The lowest BCUT2D eigenvalue weighted by Gasteiger charge is -2.09. The Morgan fingerprint density at radius 3 is 2.36 bits per heavy atom. The summed E-state index contributed by atoms with van der Waals surface area (Å²) < 4.78 is 4.81. The van der Waals surface area contributed by atoms with Gasteiger partial charge in [-0.2, -0.15) is 0 Å². The summed E-state index contributed by atoms with van der Waals surface area (Å²) in [5, 5.41) is 0. The van der Waals surface area contributed by atoms with E-state index in [0.717, 1.165) is 33.7 Å². The smallest absolute Gasteiger partial charge is 0.337 e. The molecule has 3 aromatic rings. The van der Waals surface area contributed by atoms with Crippen LogP contribution in [0.25, 0.3) is 20.9 Å². The molecule has 0 radical (unpaired) electrons. The van der Waals surface area contributed by atoms with E-state index < -0.39 is 0 Å². The van der Waals surface area contributed by atoms with Crippen molar-refractivity contribution in [3.05, 3.63) is 68.5 Å². The SMILES string of the molecule is CCCc1ccccc1-c1sc(=O)sc1-c1ccc(C(=O)OC)cc1. The van der Waals surface area contributed by atoms with Gasteiger partial charge >= 0.3 is 5.97 Å². The molecule has 3 rings (SSSR count). The number of carbonyl (C=O) groups is 1. The van der Waals surface area contributed by atoms with E-state index in [1.165, 1.54) is 35.3 Å². The van der Waals surface area contributed by atoms with Crippen LogP contribution in [0.3, 0.4) is 0 Å². The summed E-state index contributed by atoms with van der Waals surface area (Å²) in [5.41, 5.74) is 3.82. The van der Waals surface area contributed by atoms with Crippen LogP contribution in [-0.4, -0.2) is 13.1 Å². The molecule has 25 heavy (non-hydrogen) atoms. The van der Waals surface area contributed by atoms with Gasteiger partial charge in [0.2, 0.25) is 0 Å². The second-order valence-corrected chi connectivity index (χ2v) is 7.81. The number of rotatable bonds is 5. The fourth-order valence-electron chi connectivity index (χ4n) is 2.75. The van der Waals surface area contributed by atoms with E-state index in [2.05, 4.69) is 19.1 Å². The Balaban J connectivity index is 2.08. The minimum Gasteiger partial charge on any atom is -0.465 e. The number of benzene rings is 2. The van der Waals surface area contributed by atoms with E-state index in [0.29, 0.717) is 5.56 Å². The molecule has 2 aromatic carbocycles. The van der Waals surface area contributed by atoms with E-state index in [-0.39, 0.29) is 10.0 Å². The van der Waals surface area contributed by atoms with Gasteiger partial charge in [0.1, 0.15) is 0 Å². The topological polar surface area (TPSA) is 43.4 Å². The lowest BCUT2D eigenvalue weighted by Crippen LogP contribution is -2.00. The summed E-state index contributed by atoms with van der Waals surface area (Å²) >= 11 is 2.54. The standard InChI is InChI=1S/C20H18O3S2/c1-3-6-13-7-4-5-8-16(13)18-17(24-20(22)25-18)14-9-11-15(12-10-14)19(21)23-2/h4-5,7-12H,3,6H2,1-2H3. The maximum atomic E-state index is 12.1. The highest BCUT2D eigenvalue weighted by Crippen LogP contribution is 2.39. The van der Waals surface area contributed by atoms with Crippen LogP contribution in [0.2, 0.25) is 0 Å². The minimum atomic E-state index is -0.362. The summed E-state index contributed by atoms with van der Waals surface area (Å²) in [7, 11) is 1.36. The van der Waals surface area contributed by atoms with Gasteiger partial charge in [-0.15, -0.1) is 0 Å². The molecule has 0 aliphatic rings. The molecule has 0 N–H and O–H groups in total. The molecule has 3 nitrogen and oxygen atoms in total. The quantitative estimate of drug-likeness (QED) is 0.577. The Morgan fingerprint density at radius 2 is 1.68 bits per heavy atom. The molecule has 0 saturated carbocycles. The Labute approximate surface area is 154 Å². The Morgan fingerprint density at radius 1 is 1.00 bits per heavy atom. The highest BCUT2D eigenvalue weighted by atomic mass is 32.2. The zero-order valence-electron chi connectivity index (χ0n) is 14.1. The number of ether oxygens (including phenoxy) is 1. The number of esters is 1. The number of aryl methyl sites for hydroxylation is 1. The molecule has 0 amide bonds. The number of carbonyl (C=O) groups excluding carboxylic acids is 1. The first-order valence-corrected chi connectivity index (χ1v) is 9.68. The second-order valence-electron chi connectivity index (χ2n) is 5.59. The van der Waals surface area contributed by atoms with Crippen LogP contribution in [0.5, 0.6) is 0 Å². The molecule has 0 spiro atoms. The van der Waals surface area contributed by atoms with Gasteiger partial charge in [-0.05, 0) is 35.2 Å². The first-order valence-electron chi connectivity index (χ1n) is 8.05. The zero-order valence-corrected chi connectivity index (χ0v) is 15.7. The molecular weight excluding hydrogens is 352 g/mol. The molecule has 0 atom stereocenters. The van der Waals surface area contributed by atoms with Crippen molar-refractivity contribution in [3.8, 4) is 20.9 Å². The van der Waals surface area contributed by atoms with Crippen molar-refractivity contribution in [2.24, 2.45) is 0 Å². The number of hydrogen-bond acceptors (Lipinski definition) is 5. The van der Waals surface area contributed by atoms with Gasteiger partial charge in [0.05, 0.1) is 22.4 Å². The maximum absolute atomic E-state index is 12.1. The summed E-state index contributed by atoms with van der Waals surface area (Å²) in [6.07, 6.45) is 2.03. The van der Waals surface area contributed by atoms with Gasteiger partial charge in [-0.25, -0.2) is 4.79 Å². The lowest BCUT2D eigenvalue weighted by atomic mass is 10.00. The monoisotopic (exact) mass is 370 g/mol. The van der Waals surface area contributed by atoms with Crippen LogP contribution >= 0.6 is 22.7 Å². The van der Waals surface area contributed by atoms with E-state index in [1.54, 1.807) is 12.1 Å². The van der Waals surface area contributed by atoms with Gasteiger partial charge in [0.15, 0.2) is 0 Å². The third kappa shape index (κ3) is 3.72. The number of methoxy groups -OCH3 is 1. The van der Waals surface area contributed by atoms with Crippen LogP contribution in [0.15, 0.2) is 53.3 Å². The molecule has 0 fully saturated rings. The summed E-state index contributed by atoms with van der Waals surface area (Å²) in [6, 6.07) is 15.5. The predicted octanol–water partition coefficient (Wildman–Crippen LogP) is 5.24. The highest BCUT2D eigenvalue weighted by molar-refractivity contribution is 7.32. The molecule has 0 unspecified atom stereocenters. The molecule has 5 heteroatoms. The van der Waals surface area contributed by atoms with Crippen LogP contribution in [-0.2, 0) is 11.2 Å². The lowest BCUT2D eigenvalue weighted by molar-refractivity contribution is 0.0601. The molecule has 0 saturated heterocycles. The fraction of sp³-hybridized carbons (Fsp3) is 0.200. The molecule has 128 valence electrons. The van der Waals surface area contributed by atoms with Gasteiger partial charge in [0, 0.05) is 0 Å². The van der Waals surface area contributed by atoms with E-state index in [4.69, 9.17) is 4.74 Å². The molecule has 0 aliphatic carbocycles. The molecular formula is C20H18O3S2. The number of hydrogen-bond donors (Lipinski definition) is 0. The van der Waals surface area contributed by atoms with Crippen molar-refractivity contribution in [2.45, 2.75) is 19.8 Å². The Kier molecular flexibility index (Phi) is 5.46. The summed E-state index contributed by atoms with van der Waals surface area (Å²) in [5.74, 6) is -0.362. The van der Waals surface area contributed by atoms with Gasteiger partial charge in [0.25, 0.3) is 4.06 Å². The van der Waals surface area contributed by atoms with Crippen LogP contribution in [0.1, 0.15) is 29.3 Å². The van der Waals surface area contributed by atoms with Crippen molar-refractivity contribution < 1.29 is 9.53 Å². The van der Waals surface area contributed by atoms with Crippen LogP contribution in [0, 0.1) is 0 Å². The predicted molar refractivity (Wildman–Crippen MR) is 105 cm³/mol. The normalized spacial score (nSPS) is 10.6. The van der Waals surface area contributed by atoms with Gasteiger partial charge in [-0.1, -0.05) is 72.4 Å². The van der Waals surface area contributed by atoms with E-state index >= 15 is 0 Å². The fourth-order valence-corrected chi connectivity index (χ4v) is 4.98. The highest BCUT2D eigenvalue weighted by Gasteiger charge is 2.16. The molecule has 0 bridgehead atoms.